The third kappa shape index (κ3) is 4.45. The zero-order chi connectivity index (χ0) is 22.6. The molecule has 1 saturated heterocycles. The fourth-order valence-corrected chi connectivity index (χ4v) is 4.24. The number of carbonyl (C=O) groups excluding carboxylic acids is 1. The number of pyridine rings is 2. The molecule has 166 valence electrons. The molecule has 0 saturated carbocycles. The van der Waals surface area contributed by atoms with E-state index in [1.54, 1.807) is 18.6 Å². The summed E-state index contributed by atoms with van der Waals surface area (Å²) in [7, 11) is 0. The lowest BCUT2D eigenvalue weighted by atomic mass is 9.96. The second kappa shape index (κ2) is 9.20. The summed E-state index contributed by atoms with van der Waals surface area (Å²) in [5.41, 5.74) is 8.30. The van der Waals surface area contributed by atoms with Crippen molar-refractivity contribution in [2.45, 2.75) is 19.4 Å². The molecule has 0 radical (unpaired) electrons. The van der Waals surface area contributed by atoms with E-state index in [1.807, 2.05) is 42.5 Å². The quantitative estimate of drug-likeness (QED) is 0.474. The number of hydrogen-bond donors (Lipinski definition) is 2. The van der Waals surface area contributed by atoms with E-state index in [1.165, 1.54) is 0 Å². The first-order valence-corrected chi connectivity index (χ1v) is 11.1. The van der Waals surface area contributed by atoms with Gasteiger partial charge in [0.1, 0.15) is 11.6 Å². The highest BCUT2D eigenvalue weighted by Gasteiger charge is 2.25. The Balaban J connectivity index is 1.41. The Labute approximate surface area is 191 Å². The van der Waals surface area contributed by atoms with Crippen LogP contribution in [0.2, 0.25) is 0 Å². The van der Waals surface area contributed by atoms with Crippen LogP contribution in [0.3, 0.4) is 0 Å². The predicted octanol–water partition coefficient (Wildman–Crippen LogP) is 3.40. The van der Waals surface area contributed by atoms with Gasteiger partial charge in [-0.3, -0.25) is 9.78 Å². The summed E-state index contributed by atoms with van der Waals surface area (Å²) in [6.07, 6.45) is 6.82. The van der Waals surface area contributed by atoms with Crippen LogP contribution in [-0.4, -0.2) is 38.9 Å². The highest BCUT2D eigenvalue weighted by Crippen LogP contribution is 2.27. The molecule has 1 aliphatic rings. The van der Waals surface area contributed by atoms with E-state index in [0.717, 1.165) is 59.6 Å². The van der Waals surface area contributed by atoms with Gasteiger partial charge in [0.25, 0.3) is 0 Å². The Morgan fingerprint density at radius 3 is 2.64 bits per heavy atom. The topological polar surface area (TPSA) is 110 Å². The summed E-state index contributed by atoms with van der Waals surface area (Å²) in [6, 6.07) is 15.8. The van der Waals surface area contributed by atoms with Gasteiger partial charge in [-0.2, -0.15) is 0 Å². The van der Waals surface area contributed by atoms with E-state index >= 15 is 0 Å². The second-order valence-electron chi connectivity index (χ2n) is 8.16. The first kappa shape index (κ1) is 20.8. The van der Waals surface area contributed by atoms with Crippen molar-refractivity contribution in [1.29, 1.82) is 0 Å². The number of fused-ring (bicyclic) bond motifs is 1. The van der Waals surface area contributed by atoms with Crippen molar-refractivity contribution in [3.8, 4) is 11.4 Å². The molecule has 0 aliphatic carbocycles. The third-order valence-electron chi connectivity index (χ3n) is 6.03. The number of rotatable bonds is 6. The molecule has 3 N–H and O–H groups in total. The molecule has 1 amide bonds. The minimum absolute atomic E-state index is 0.0511. The Kier molecular flexibility index (Phi) is 5.80. The minimum atomic E-state index is -0.211. The molecule has 0 bridgehead atoms. The van der Waals surface area contributed by atoms with E-state index in [0.29, 0.717) is 12.4 Å². The van der Waals surface area contributed by atoms with Crippen molar-refractivity contribution >= 4 is 28.4 Å². The monoisotopic (exact) mass is 439 g/mol. The summed E-state index contributed by atoms with van der Waals surface area (Å²) in [4.78, 5) is 32.1. The third-order valence-corrected chi connectivity index (χ3v) is 6.03. The number of nitrogens with two attached hydrogens (primary N) is 1. The number of hydrogen-bond acceptors (Lipinski definition) is 7. The summed E-state index contributed by atoms with van der Waals surface area (Å²) in [6.45, 7) is 2.09. The number of benzene rings is 1. The number of nitrogens with one attached hydrogen (secondary N) is 1. The number of primary amides is 1. The van der Waals surface area contributed by atoms with Crippen molar-refractivity contribution in [2.24, 2.45) is 11.7 Å². The van der Waals surface area contributed by atoms with Gasteiger partial charge in [-0.1, -0.05) is 18.2 Å². The van der Waals surface area contributed by atoms with Crippen LogP contribution in [0.5, 0.6) is 0 Å². The first-order valence-electron chi connectivity index (χ1n) is 11.1. The van der Waals surface area contributed by atoms with Gasteiger partial charge in [0.05, 0.1) is 5.52 Å². The maximum Gasteiger partial charge on any atom is 0.220 e. The molecular formula is C25H25N7O. The Morgan fingerprint density at radius 2 is 1.85 bits per heavy atom. The molecule has 8 heteroatoms. The van der Waals surface area contributed by atoms with Crippen molar-refractivity contribution in [2.75, 3.05) is 23.3 Å². The van der Waals surface area contributed by atoms with Crippen molar-refractivity contribution in [3.05, 3.63) is 72.7 Å². The van der Waals surface area contributed by atoms with Gasteiger partial charge in [-0.05, 0) is 43.2 Å². The Hall–Kier alpha value is -4.07. The van der Waals surface area contributed by atoms with Gasteiger partial charge in [-0.15, -0.1) is 0 Å². The molecule has 4 heterocycles. The minimum Gasteiger partial charge on any atom is -0.369 e. The highest BCUT2D eigenvalue weighted by molar-refractivity contribution is 5.90. The SMILES string of the molecule is NC(=O)C1CCN(c2ncccc2CNc2nc(-c3cccnc3)nc3ccccc23)CC1. The summed E-state index contributed by atoms with van der Waals surface area (Å²) in [5, 5.41) is 4.46. The Morgan fingerprint density at radius 1 is 1.03 bits per heavy atom. The molecule has 0 atom stereocenters. The number of anilines is 2. The molecule has 5 rings (SSSR count). The molecule has 4 aromatic rings. The van der Waals surface area contributed by atoms with Crippen LogP contribution in [-0.2, 0) is 11.3 Å². The van der Waals surface area contributed by atoms with Crippen molar-refractivity contribution in [1.82, 2.24) is 19.9 Å². The highest BCUT2D eigenvalue weighted by atomic mass is 16.1. The van der Waals surface area contributed by atoms with Gasteiger partial charge >= 0.3 is 0 Å². The van der Waals surface area contributed by atoms with Crippen LogP contribution < -0.4 is 16.0 Å². The maximum atomic E-state index is 11.5. The zero-order valence-electron chi connectivity index (χ0n) is 18.2. The van der Waals surface area contributed by atoms with Gasteiger partial charge < -0.3 is 16.0 Å². The second-order valence-corrected chi connectivity index (χ2v) is 8.16. The fraction of sp³-hybridized carbons (Fsp3) is 0.240. The standard InChI is InChI=1S/C25H25N7O/c26-22(33)17-9-13-32(14-10-17)25-19(6-4-12-28-25)16-29-24-20-7-1-2-8-21(20)30-23(31-24)18-5-3-11-27-15-18/h1-8,11-12,15,17H,9-10,13-14,16H2,(H2,26,33)(H,29,30,31). The molecule has 1 fully saturated rings. The van der Waals surface area contributed by atoms with Crippen molar-refractivity contribution < 1.29 is 4.79 Å². The number of amides is 1. The summed E-state index contributed by atoms with van der Waals surface area (Å²) < 4.78 is 0. The van der Waals surface area contributed by atoms with E-state index in [4.69, 9.17) is 15.7 Å². The predicted molar refractivity (Wildman–Crippen MR) is 128 cm³/mol. The Bertz CT molecular complexity index is 1270. The van der Waals surface area contributed by atoms with Crippen LogP contribution >= 0.6 is 0 Å². The summed E-state index contributed by atoms with van der Waals surface area (Å²) in [5.74, 6) is 2.06. The van der Waals surface area contributed by atoms with E-state index in [-0.39, 0.29) is 11.8 Å². The van der Waals surface area contributed by atoms with E-state index in [2.05, 4.69) is 26.3 Å². The number of para-hydroxylation sites is 1. The molecule has 8 nitrogen and oxygen atoms in total. The van der Waals surface area contributed by atoms with Crippen LogP contribution in [0.4, 0.5) is 11.6 Å². The molecule has 0 unspecified atom stereocenters. The van der Waals surface area contributed by atoms with Crippen molar-refractivity contribution in [3.63, 3.8) is 0 Å². The fourth-order valence-electron chi connectivity index (χ4n) is 4.24. The smallest absolute Gasteiger partial charge is 0.220 e. The summed E-state index contributed by atoms with van der Waals surface area (Å²) >= 11 is 0. The van der Waals surface area contributed by atoms with Gasteiger partial charge in [-0.25, -0.2) is 15.0 Å². The molecule has 1 aliphatic heterocycles. The lowest BCUT2D eigenvalue weighted by Crippen LogP contribution is -2.39. The average Bonchev–Trinajstić information content (AvgIpc) is 2.88. The van der Waals surface area contributed by atoms with Crippen LogP contribution in [0.25, 0.3) is 22.3 Å². The first-order chi connectivity index (χ1) is 16.2. The zero-order valence-corrected chi connectivity index (χ0v) is 18.2. The number of piperidine rings is 1. The van der Waals surface area contributed by atoms with Gasteiger partial charge in [0.2, 0.25) is 5.91 Å². The molecule has 0 spiro atoms. The normalized spacial score (nSPS) is 14.4. The largest absolute Gasteiger partial charge is 0.369 e. The lowest BCUT2D eigenvalue weighted by Gasteiger charge is -2.32. The molecule has 1 aromatic carbocycles. The number of carbonyl (C=O) groups is 1. The van der Waals surface area contributed by atoms with Gasteiger partial charge in [0, 0.05) is 60.7 Å². The number of aromatic nitrogens is 4. The lowest BCUT2D eigenvalue weighted by molar-refractivity contribution is -0.122. The van der Waals surface area contributed by atoms with E-state index in [9.17, 15) is 4.79 Å². The van der Waals surface area contributed by atoms with Crippen LogP contribution in [0, 0.1) is 5.92 Å². The molecular weight excluding hydrogens is 414 g/mol. The van der Waals surface area contributed by atoms with Crippen LogP contribution in [0.1, 0.15) is 18.4 Å². The molecule has 3 aromatic heterocycles. The number of nitrogens with zero attached hydrogens (tertiary/aromatic N) is 5. The average molecular weight is 440 g/mol. The maximum absolute atomic E-state index is 11.5. The van der Waals surface area contributed by atoms with Crippen LogP contribution in [0.15, 0.2) is 67.1 Å². The van der Waals surface area contributed by atoms with E-state index < -0.39 is 0 Å². The molecule has 33 heavy (non-hydrogen) atoms. The van der Waals surface area contributed by atoms with Gasteiger partial charge in [0.15, 0.2) is 5.82 Å².